The summed E-state index contributed by atoms with van der Waals surface area (Å²) in [6, 6.07) is 5.70. The van der Waals surface area contributed by atoms with Crippen LogP contribution in [0, 0.1) is 18.8 Å². The van der Waals surface area contributed by atoms with Crippen LogP contribution in [0.1, 0.15) is 36.8 Å². The summed E-state index contributed by atoms with van der Waals surface area (Å²) in [4.78, 5) is 24.3. The van der Waals surface area contributed by atoms with Crippen LogP contribution in [-0.2, 0) is 6.54 Å². The largest absolute Gasteiger partial charge is 0.354 e. The first-order valence-corrected chi connectivity index (χ1v) is 10.6. The SMILES string of the molecule is Cc1ccc(Cl)cc1Cn1c(=O)[nH]c2cnc(NC[C@H]3CC[C@H](CN)CC3)nc21. The Morgan fingerprint density at radius 1 is 1.28 bits per heavy atom. The molecule has 29 heavy (non-hydrogen) atoms. The van der Waals surface area contributed by atoms with Gasteiger partial charge in [0.25, 0.3) is 0 Å². The Morgan fingerprint density at radius 3 is 2.79 bits per heavy atom. The van der Waals surface area contributed by atoms with Crippen molar-refractivity contribution in [2.45, 2.75) is 39.2 Å². The molecule has 8 heteroatoms. The van der Waals surface area contributed by atoms with Gasteiger partial charge in [-0.05, 0) is 74.2 Å². The van der Waals surface area contributed by atoms with Crippen molar-refractivity contribution in [1.82, 2.24) is 19.5 Å². The first-order chi connectivity index (χ1) is 14.0. The maximum atomic E-state index is 12.5. The number of nitrogens with two attached hydrogens (primary N) is 1. The van der Waals surface area contributed by atoms with Crippen molar-refractivity contribution >= 4 is 28.7 Å². The standard InChI is InChI=1S/C21H27ClN6O/c1-13-2-7-17(22)8-16(13)12-28-19-18(26-21(28)29)11-25-20(27-19)24-10-15-5-3-14(9-23)4-6-15/h2,7-8,11,14-15H,3-6,9-10,12,23H2,1H3,(H,26,29)(H,24,25,27)/t14-,15-. The maximum Gasteiger partial charge on any atom is 0.328 e. The Kier molecular flexibility index (Phi) is 5.87. The van der Waals surface area contributed by atoms with Crippen LogP contribution < -0.4 is 16.7 Å². The smallest absolute Gasteiger partial charge is 0.328 e. The molecule has 0 radical (unpaired) electrons. The Morgan fingerprint density at radius 2 is 2.03 bits per heavy atom. The minimum absolute atomic E-state index is 0.203. The second kappa shape index (κ2) is 8.55. The van der Waals surface area contributed by atoms with Gasteiger partial charge in [0.1, 0.15) is 5.52 Å². The van der Waals surface area contributed by atoms with Gasteiger partial charge < -0.3 is 16.0 Å². The number of anilines is 1. The quantitative estimate of drug-likeness (QED) is 0.574. The van der Waals surface area contributed by atoms with Crippen LogP contribution in [0.5, 0.6) is 0 Å². The summed E-state index contributed by atoms with van der Waals surface area (Å²) in [5, 5.41) is 4.01. The number of halogens is 1. The van der Waals surface area contributed by atoms with E-state index < -0.39 is 0 Å². The third-order valence-corrected chi connectivity index (χ3v) is 6.23. The molecule has 154 valence electrons. The van der Waals surface area contributed by atoms with Gasteiger partial charge in [-0.1, -0.05) is 17.7 Å². The van der Waals surface area contributed by atoms with Gasteiger partial charge in [-0.3, -0.25) is 4.57 Å². The number of fused-ring (bicyclic) bond motifs is 1. The highest BCUT2D eigenvalue weighted by Gasteiger charge is 2.20. The fourth-order valence-electron chi connectivity index (χ4n) is 4.07. The van der Waals surface area contributed by atoms with Crippen LogP contribution >= 0.6 is 11.6 Å². The fraction of sp³-hybridized carbons (Fsp3) is 0.476. The van der Waals surface area contributed by atoms with Gasteiger partial charge in [-0.2, -0.15) is 4.98 Å². The van der Waals surface area contributed by atoms with Crippen LogP contribution in [0.3, 0.4) is 0 Å². The Bertz CT molecular complexity index is 1050. The number of H-pyrrole nitrogens is 1. The van der Waals surface area contributed by atoms with Gasteiger partial charge in [0.2, 0.25) is 5.95 Å². The minimum Gasteiger partial charge on any atom is -0.354 e. The highest BCUT2D eigenvalue weighted by molar-refractivity contribution is 6.30. The van der Waals surface area contributed by atoms with Crippen LogP contribution in [-0.4, -0.2) is 32.6 Å². The molecule has 3 aromatic rings. The minimum atomic E-state index is -0.203. The highest BCUT2D eigenvalue weighted by Crippen LogP contribution is 2.28. The van der Waals surface area contributed by atoms with Gasteiger partial charge >= 0.3 is 5.69 Å². The molecular formula is C21H27ClN6O. The molecule has 2 aromatic heterocycles. The van der Waals surface area contributed by atoms with Crippen molar-refractivity contribution in [3.05, 3.63) is 51.0 Å². The highest BCUT2D eigenvalue weighted by atomic mass is 35.5. The second-order valence-electron chi connectivity index (χ2n) is 8.02. The van der Waals surface area contributed by atoms with E-state index in [1.165, 1.54) is 25.7 Å². The van der Waals surface area contributed by atoms with Crippen LogP contribution in [0.25, 0.3) is 11.2 Å². The van der Waals surface area contributed by atoms with Gasteiger partial charge in [-0.15, -0.1) is 0 Å². The molecule has 0 bridgehead atoms. The van der Waals surface area contributed by atoms with Crippen LogP contribution in [0.15, 0.2) is 29.2 Å². The van der Waals surface area contributed by atoms with E-state index >= 15 is 0 Å². The average Bonchev–Trinajstić information content (AvgIpc) is 3.04. The van der Waals surface area contributed by atoms with Gasteiger partial charge in [-0.25, -0.2) is 9.78 Å². The summed E-state index contributed by atoms with van der Waals surface area (Å²) in [6.45, 7) is 4.04. The lowest BCUT2D eigenvalue weighted by Gasteiger charge is -2.27. The van der Waals surface area contributed by atoms with Crippen molar-refractivity contribution < 1.29 is 0 Å². The first-order valence-electron chi connectivity index (χ1n) is 10.2. The predicted octanol–water partition coefficient (Wildman–Crippen LogP) is 3.31. The molecular weight excluding hydrogens is 388 g/mol. The Labute approximate surface area is 174 Å². The Hall–Kier alpha value is -2.38. The zero-order chi connectivity index (χ0) is 20.4. The second-order valence-corrected chi connectivity index (χ2v) is 8.46. The lowest BCUT2D eigenvalue weighted by atomic mass is 9.82. The molecule has 1 aliphatic carbocycles. The van der Waals surface area contributed by atoms with Gasteiger partial charge in [0.05, 0.1) is 12.7 Å². The topological polar surface area (TPSA) is 102 Å². The molecule has 7 nitrogen and oxygen atoms in total. The third kappa shape index (κ3) is 4.46. The van der Waals surface area contributed by atoms with E-state index in [2.05, 4.69) is 20.3 Å². The van der Waals surface area contributed by atoms with E-state index in [1.807, 2.05) is 25.1 Å². The van der Waals surface area contributed by atoms with E-state index in [4.69, 9.17) is 17.3 Å². The lowest BCUT2D eigenvalue weighted by Crippen LogP contribution is -2.25. The molecule has 0 unspecified atom stereocenters. The van der Waals surface area contributed by atoms with Crippen molar-refractivity contribution in [2.75, 3.05) is 18.4 Å². The number of aryl methyl sites for hydroxylation is 1. The molecule has 1 aliphatic rings. The van der Waals surface area contributed by atoms with E-state index in [0.29, 0.717) is 40.5 Å². The summed E-state index contributed by atoms with van der Waals surface area (Å²) in [6.07, 6.45) is 6.41. The molecule has 0 saturated heterocycles. The summed E-state index contributed by atoms with van der Waals surface area (Å²) in [5.41, 5.74) is 8.87. The van der Waals surface area contributed by atoms with E-state index in [-0.39, 0.29) is 5.69 Å². The number of nitrogens with one attached hydrogen (secondary N) is 2. The number of imidazole rings is 1. The van der Waals surface area contributed by atoms with Crippen molar-refractivity contribution in [3.63, 3.8) is 0 Å². The molecule has 4 rings (SSSR count). The molecule has 1 aromatic carbocycles. The van der Waals surface area contributed by atoms with Gasteiger partial charge in [0.15, 0.2) is 5.65 Å². The zero-order valence-corrected chi connectivity index (χ0v) is 17.4. The van der Waals surface area contributed by atoms with E-state index in [1.54, 1.807) is 10.8 Å². The van der Waals surface area contributed by atoms with Crippen LogP contribution in [0.2, 0.25) is 5.02 Å². The molecule has 1 fully saturated rings. The first kappa shape index (κ1) is 19.9. The van der Waals surface area contributed by atoms with E-state index in [0.717, 1.165) is 24.2 Å². The summed E-state index contributed by atoms with van der Waals surface area (Å²) < 4.78 is 1.63. The number of aromatic amines is 1. The summed E-state index contributed by atoms with van der Waals surface area (Å²) >= 11 is 6.14. The van der Waals surface area contributed by atoms with E-state index in [9.17, 15) is 4.79 Å². The number of benzene rings is 1. The summed E-state index contributed by atoms with van der Waals surface area (Å²) in [5.74, 6) is 1.83. The number of hydrogen-bond donors (Lipinski definition) is 3. The molecule has 0 amide bonds. The fourth-order valence-corrected chi connectivity index (χ4v) is 4.26. The third-order valence-electron chi connectivity index (χ3n) is 6.00. The number of nitrogens with zero attached hydrogens (tertiary/aromatic N) is 3. The van der Waals surface area contributed by atoms with Gasteiger partial charge in [0, 0.05) is 11.6 Å². The lowest BCUT2D eigenvalue weighted by molar-refractivity contribution is 0.289. The molecule has 0 aliphatic heterocycles. The molecule has 0 atom stereocenters. The number of aromatic nitrogens is 4. The molecule has 2 heterocycles. The Balaban J connectivity index is 1.52. The molecule has 4 N–H and O–H groups in total. The van der Waals surface area contributed by atoms with Crippen molar-refractivity contribution in [2.24, 2.45) is 17.6 Å². The molecule has 1 saturated carbocycles. The maximum absolute atomic E-state index is 12.5. The number of rotatable bonds is 6. The number of hydrogen-bond acceptors (Lipinski definition) is 5. The summed E-state index contributed by atoms with van der Waals surface area (Å²) in [7, 11) is 0. The normalized spacial score (nSPS) is 19.6. The van der Waals surface area contributed by atoms with Crippen molar-refractivity contribution in [1.29, 1.82) is 0 Å². The predicted molar refractivity (Wildman–Crippen MR) is 116 cm³/mol. The monoisotopic (exact) mass is 414 g/mol. The zero-order valence-electron chi connectivity index (χ0n) is 16.6. The molecule has 0 spiro atoms. The van der Waals surface area contributed by atoms with Crippen LogP contribution in [0.4, 0.5) is 5.95 Å². The van der Waals surface area contributed by atoms with Crippen molar-refractivity contribution in [3.8, 4) is 0 Å². The average molecular weight is 415 g/mol.